The van der Waals surface area contributed by atoms with Crippen molar-refractivity contribution < 1.29 is 27.9 Å². The molecule has 43 heavy (non-hydrogen) atoms. The van der Waals surface area contributed by atoms with Gasteiger partial charge in [0.2, 0.25) is 10.0 Å². The first-order chi connectivity index (χ1) is 20.5. The van der Waals surface area contributed by atoms with E-state index in [9.17, 15) is 27.9 Å². The molecule has 10 heteroatoms. The molecule has 9 nitrogen and oxygen atoms in total. The summed E-state index contributed by atoms with van der Waals surface area (Å²) in [4.78, 5) is 42.0. The first kappa shape index (κ1) is 31.1. The smallest absolute Gasteiger partial charge is 0.305 e. The molecule has 0 saturated heterocycles. The Kier molecular flexibility index (Phi) is 10.1. The fraction of sp³-hybridized carbons (Fsp3) is 0.182. The van der Waals surface area contributed by atoms with Crippen LogP contribution in [-0.2, 0) is 27.8 Å². The molecular formula is C33H33N3O6S. The molecule has 0 saturated carbocycles. The minimum absolute atomic E-state index is 0.0217. The Morgan fingerprint density at radius 2 is 1.23 bits per heavy atom. The van der Waals surface area contributed by atoms with Crippen LogP contribution in [0.15, 0.2) is 108 Å². The molecule has 4 rings (SSSR count). The van der Waals surface area contributed by atoms with Crippen molar-refractivity contribution in [2.45, 2.75) is 24.3 Å². The zero-order valence-electron chi connectivity index (χ0n) is 23.7. The number of rotatable bonds is 12. The minimum atomic E-state index is -3.84. The molecule has 4 aromatic rings. The zero-order valence-corrected chi connectivity index (χ0v) is 24.5. The van der Waals surface area contributed by atoms with Crippen LogP contribution in [-0.4, -0.2) is 61.2 Å². The number of carbonyl (C=O) groups excluding carboxylic acids is 2. The Hall–Kier alpha value is -4.80. The summed E-state index contributed by atoms with van der Waals surface area (Å²) < 4.78 is 23.2. The van der Waals surface area contributed by atoms with Crippen molar-refractivity contribution in [2.75, 3.05) is 20.1 Å². The van der Waals surface area contributed by atoms with Crippen LogP contribution in [0.1, 0.15) is 38.3 Å². The molecule has 0 aliphatic rings. The van der Waals surface area contributed by atoms with Crippen LogP contribution in [0.25, 0.3) is 11.1 Å². The second-order valence-corrected chi connectivity index (χ2v) is 11.7. The number of sulfonamides is 1. The summed E-state index contributed by atoms with van der Waals surface area (Å²) in [5.74, 6) is -1.62. The van der Waals surface area contributed by atoms with Crippen LogP contribution >= 0.6 is 0 Å². The molecule has 0 unspecified atom stereocenters. The highest BCUT2D eigenvalue weighted by atomic mass is 32.2. The van der Waals surface area contributed by atoms with Crippen molar-refractivity contribution in [3.8, 4) is 11.1 Å². The fourth-order valence-electron chi connectivity index (χ4n) is 4.77. The third kappa shape index (κ3) is 8.15. The van der Waals surface area contributed by atoms with Gasteiger partial charge < -0.3 is 14.9 Å². The second-order valence-electron chi connectivity index (χ2n) is 10.1. The first-order valence-electron chi connectivity index (χ1n) is 13.6. The standard InChI is InChI=1S/C33H33N3O6S/c1-35(23-25-9-3-2-4-10-25)32(39)29-13-7-5-11-27(29)28-12-6-8-14-30(28)33(40)36(22-20-31(37)38)21-19-24-15-17-26(18-16-24)43(34,41)42/h2-18H,19-23H2,1H3,(H,37,38)(H2,34,41,42). The number of nitrogens with two attached hydrogens (primary N) is 1. The van der Waals surface area contributed by atoms with E-state index in [1.54, 1.807) is 72.6 Å². The normalized spacial score (nSPS) is 11.1. The van der Waals surface area contributed by atoms with Gasteiger partial charge in [0.05, 0.1) is 11.3 Å². The summed E-state index contributed by atoms with van der Waals surface area (Å²) in [6.07, 6.45) is 0.107. The monoisotopic (exact) mass is 599 g/mol. The molecule has 2 amide bonds. The van der Waals surface area contributed by atoms with E-state index >= 15 is 0 Å². The van der Waals surface area contributed by atoms with E-state index in [1.807, 2.05) is 30.3 Å². The molecule has 0 heterocycles. The van der Waals surface area contributed by atoms with Gasteiger partial charge in [-0.3, -0.25) is 14.4 Å². The number of hydrogen-bond acceptors (Lipinski definition) is 5. The van der Waals surface area contributed by atoms with Gasteiger partial charge in [-0.2, -0.15) is 0 Å². The number of benzene rings is 4. The van der Waals surface area contributed by atoms with Crippen LogP contribution in [0.4, 0.5) is 0 Å². The highest BCUT2D eigenvalue weighted by Crippen LogP contribution is 2.29. The van der Waals surface area contributed by atoms with E-state index in [0.717, 1.165) is 11.1 Å². The van der Waals surface area contributed by atoms with Gasteiger partial charge in [0.15, 0.2) is 0 Å². The van der Waals surface area contributed by atoms with Crippen LogP contribution in [0.2, 0.25) is 0 Å². The summed E-state index contributed by atoms with van der Waals surface area (Å²) in [5.41, 5.74) is 3.66. The molecule has 0 bridgehead atoms. The molecule has 0 aliphatic heterocycles. The Bertz CT molecular complexity index is 1710. The van der Waals surface area contributed by atoms with Crippen molar-refractivity contribution in [2.24, 2.45) is 5.14 Å². The predicted molar refractivity (Wildman–Crippen MR) is 164 cm³/mol. The van der Waals surface area contributed by atoms with E-state index in [2.05, 4.69) is 0 Å². The Morgan fingerprint density at radius 3 is 1.79 bits per heavy atom. The summed E-state index contributed by atoms with van der Waals surface area (Å²) in [6, 6.07) is 29.7. The van der Waals surface area contributed by atoms with E-state index in [-0.39, 0.29) is 36.2 Å². The largest absolute Gasteiger partial charge is 0.481 e. The molecule has 0 radical (unpaired) electrons. The minimum Gasteiger partial charge on any atom is -0.481 e. The Labute approximate surface area is 251 Å². The van der Waals surface area contributed by atoms with Crippen molar-refractivity contribution >= 4 is 27.8 Å². The van der Waals surface area contributed by atoms with Gasteiger partial charge in [-0.05, 0) is 52.9 Å². The second kappa shape index (κ2) is 13.9. The SMILES string of the molecule is CN(Cc1ccccc1)C(=O)c1ccccc1-c1ccccc1C(=O)N(CCC(=O)O)CCc1ccc(S(N)(=O)=O)cc1. The van der Waals surface area contributed by atoms with Gasteiger partial charge in [-0.25, -0.2) is 13.6 Å². The Morgan fingerprint density at radius 1 is 0.698 bits per heavy atom. The number of amides is 2. The van der Waals surface area contributed by atoms with Gasteiger partial charge in [-0.15, -0.1) is 0 Å². The van der Waals surface area contributed by atoms with Crippen molar-refractivity contribution in [3.05, 3.63) is 125 Å². The summed E-state index contributed by atoms with van der Waals surface area (Å²) in [6.45, 7) is 0.573. The van der Waals surface area contributed by atoms with Crippen LogP contribution in [0, 0.1) is 0 Å². The average Bonchev–Trinajstić information content (AvgIpc) is 3.00. The third-order valence-corrected chi connectivity index (χ3v) is 7.95. The lowest BCUT2D eigenvalue weighted by atomic mass is 9.94. The number of carboxylic acid groups (broad SMARTS) is 1. The molecule has 0 aromatic heterocycles. The maximum absolute atomic E-state index is 14.0. The summed E-state index contributed by atoms with van der Waals surface area (Å²) in [5, 5.41) is 14.5. The number of primary sulfonamides is 1. The van der Waals surface area contributed by atoms with Crippen molar-refractivity contribution in [1.29, 1.82) is 0 Å². The number of hydrogen-bond donors (Lipinski definition) is 2. The van der Waals surface area contributed by atoms with Crippen LogP contribution in [0.3, 0.4) is 0 Å². The van der Waals surface area contributed by atoms with Gasteiger partial charge >= 0.3 is 5.97 Å². The molecule has 0 fully saturated rings. The molecule has 4 aromatic carbocycles. The molecule has 0 atom stereocenters. The summed E-state index contributed by atoms with van der Waals surface area (Å²) >= 11 is 0. The number of nitrogens with zero attached hydrogens (tertiary/aromatic N) is 2. The molecule has 0 spiro atoms. The number of carboxylic acids is 1. The molecule has 0 aliphatic carbocycles. The van der Waals surface area contributed by atoms with E-state index < -0.39 is 16.0 Å². The average molecular weight is 600 g/mol. The van der Waals surface area contributed by atoms with Gasteiger partial charge in [0.25, 0.3) is 11.8 Å². The highest BCUT2D eigenvalue weighted by Gasteiger charge is 2.24. The third-order valence-electron chi connectivity index (χ3n) is 7.02. The van der Waals surface area contributed by atoms with E-state index in [0.29, 0.717) is 35.2 Å². The number of carbonyl (C=O) groups is 3. The lowest BCUT2D eigenvalue weighted by Gasteiger charge is -2.24. The maximum Gasteiger partial charge on any atom is 0.305 e. The highest BCUT2D eigenvalue weighted by molar-refractivity contribution is 7.89. The quantitative estimate of drug-likeness (QED) is 0.247. The molecule has 222 valence electrons. The lowest BCUT2D eigenvalue weighted by molar-refractivity contribution is -0.137. The maximum atomic E-state index is 14.0. The van der Waals surface area contributed by atoms with Crippen LogP contribution < -0.4 is 5.14 Å². The van der Waals surface area contributed by atoms with Gasteiger partial charge in [-0.1, -0.05) is 78.9 Å². The topological polar surface area (TPSA) is 138 Å². The van der Waals surface area contributed by atoms with Crippen molar-refractivity contribution in [1.82, 2.24) is 9.80 Å². The first-order valence-corrected chi connectivity index (χ1v) is 15.2. The zero-order chi connectivity index (χ0) is 31.0. The fourth-order valence-corrected chi connectivity index (χ4v) is 5.28. The van der Waals surface area contributed by atoms with Crippen LogP contribution in [0.5, 0.6) is 0 Å². The summed E-state index contributed by atoms with van der Waals surface area (Å²) in [7, 11) is -2.11. The van der Waals surface area contributed by atoms with E-state index in [1.165, 1.54) is 17.0 Å². The predicted octanol–water partition coefficient (Wildman–Crippen LogP) is 4.43. The molecular weight excluding hydrogens is 566 g/mol. The van der Waals surface area contributed by atoms with E-state index in [4.69, 9.17) is 5.14 Å². The molecule has 3 N–H and O–H groups in total. The lowest BCUT2D eigenvalue weighted by Crippen LogP contribution is -2.35. The van der Waals surface area contributed by atoms with Gasteiger partial charge in [0.1, 0.15) is 0 Å². The van der Waals surface area contributed by atoms with Crippen molar-refractivity contribution in [3.63, 3.8) is 0 Å². The number of aliphatic carboxylic acids is 1. The van der Waals surface area contributed by atoms with Gasteiger partial charge in [0, 0.05) is 37.8 Å². The Balaban J connectivity index is 1.62.